The fourth-order valence-corrected chi connectivity index (χ4v) is 3.02. The van der Waals surface area contributed by atoms with E-state index in [4.69, 9.17) is 28.3 Å². The van der Waals surface area contributed by atoms with E-state index < -0.39 is 15.9 Å². The number of nitrogens with zero attached hydrogens (tertiary/aromatic N) is 1. The molecule has 7 nitrogen and oxygen atoms in total. The molecule has 2 rings (SSSR count). The summed E-state index contributed by atoms with van der Waals surface area (Å²) in [5.41, 5.74) is 1.03. The highest BCUT2D eigenvalue weighted by molar-refractivity contribution is 7.89. The SMILES string of the molecule is N#C/C(=C/NCCc1ccc(S(N)(=O)=O)cc1)C(=O)Nc1cc(Cl)ccc1Cl. The van der Waals surface area contributed by atoms with Gasteiger partial charge in [0, 0.05) is 17.8 Å². The molecule has 0 heterocycles. The Hall–Kier alpha value is -2.57. The largest absolute Gasteiger partial charge is 0.389 e. The van der Waals surface area contributed by atoms with Crippen LogP contribution in [0.4, 0.5) is 5.69 Å². The number of carbonyl (C=O) groups excluding carboxylic acids is 1. The molecule has 0 unspecified atom stereocenters. The Kier molecular flexibility index (Phi) is 7.43. The molecule has 0 spiro atoms. The van der Waals surface area contributed by atoms with Gasteiger partial charge in [0.15, 0.2) is 0 Å². The zero-order valence-electron chi connectivity index (χ0n) is 14.4. The van der Waals surface area contributed by atoms with Crippen LogP contribution in [0.15, 0.2) is 59.1 Å². The minimum absolute atomic E-state index is 0.0345. The van der Waals surface area contributed by atoms with Crippen molar-refractivity contribution in [3.8, 4) is 6.07 Å². The lowest BCUT2D eigenvalue weighted by molar-refractivity contribution is -0.112. The van der Waals surface area contributed by atoms with E-state index in [-0.39, 0.29) is 10.5 Å². The number of halogens is 2. The third-order valence-electron chi connectivity index (χ3n) is 3.60. The summed E-state index contributed by atoms with van der Waals surface area (Å²) in [5, 5.41) is 20.3. The second-order valence-electron chi connectivity index (χ2n) is 5.64. The number of hydrogen-bond donors (Lipinski definition) is 3. The first-order valence-corrected chi connectivity index (χ1v) is 10.2. The molecule has 2 aromatic rings. The van der Waals surface area contributed by atoms with Crippen molar-refractivity contribution in [3.05, 3.63) is 69.8 Å². The maximum absolute atomic E-state index is 12.2. The van der Waals surface area contributed by atoms with E-state index in [2.05, 4.69) is 10.6 Å². The van der Waals surface area contributed by atoms with Gasteiger partial charge < -0.3 is 10.6 Å². The van der Waals surface area contributed by atoms with Crippen molar-refractivity contribution >= 4 is 44.8 Å². The van der Waals surface area contributed by atoms with E-state index in [9.17, 15) is 18.5 Å². The number of benzene rings is 2. The lowest BCUT2D eigenvalue weighted by Gasteiger charge is -2.07. The Morgan fingerprint density at radius 1 is 1.18 bits per heavy atom. The number of sulfonamides is 1. The molecule has 4 N–H and O–H groups in total. The van der Waals surface area contributed by atoms with Crippen LogP contribution < -0.4 is 15.8 Å². The van der Waals surface area contributed by atoms with Crippen molar-refractivity contribution in [1.29, 1.82) is 5.26 Å². The van der Waals surface area contributed by atoms with Gasteiger partial charge in [-0.15, -0.1) is 0 Å². The lowest BCUT2D eigenvalue weighted by atomic mass is 10.1. The number of nitriles is 1. The molecule has 146 valence electrons. The van der Waals surface area contributed by atoms with Gasteiger partial charge in [-0.3, -0.25) is 4.79 Å². The molecular weight excluding hydrogens is 423 g/mol. The fraction of sp³-hybridized carbons (Fsp3) is 0.111. The molecule has 0 aliphatic heterocycles. The van der Waals surface area contributed by atoms with Gasteiger partial charge >= 0.3 is 0 Å². The van der Waals surface area contributed by atoms with Gasteiger partial charge in [-0.25, -0.2) is 13.6 Å². The molecule has 10 heteroatoms. The minimum atomic E-state index is -3.72. The number of rotatable bonds is 7. The van der Waals surface area contributed by atoms with Gasteiger partial charge in [-0.1, -0.05) is 35.3 Å². The van der Waals surface area contributed by atoms with E-state index in [0.717, 1.165) is 5.56 Å². The molecule has 0 saturated carbocycles. The second kappa shape index (κ2) is 9.57. The van der Waals surface area contributed by atoms with Crippen LogP contribution in [0.5, 0.6) is 0 Å². The Morgan fingerprint density at radius 2 is 1.86 bits per heavy atom. The molecule has 1 amide bonds. The van der Waals surface area contributed by atoms with Gasteiger partial charge in [0.25, 0.3) is 5.91 Å². The number of nitrogens with two attached hydrogens (primary N) is 1. The Bertz CT molecular complexity index is 1050. The summed E-state index contributed by atoms with van der Waals surface area (Å²) in [7, 11) is -3.72. The zero-order valence-corrected chi connectivity index (χ0v) is 16.8. The van der Waals surface area contributed by atoms with Crippen LogP contribution in [0.3, 0.4) is 0 Å². The number of primary sulfonamides is 1. The van der Waals surface area contributed by atoms with Gasteiger partial charge in [0.2, 0.25) is 10.0 Å². The quantitative estimate of drug-likeness (QED) is 0.348. The highest BCUT2D eigenvalue weighted by atomic mass is 35.5. The first kappa shape index (κ1) is 21.7. The second-order valence-corrected chi connectivity index (χ2v) is 8.05. The monoisotopic (exact) mass is 438 g/mol. The minimum Gasteiger partial charge on any atom is -0.389 e. The van der Waals surface area contributed by atoms with Crippen LogP contribution in [0, 0.1) is 11.3 Å². The summed E-state index contributed by atoms with van der Waals surface area (Å²) >= 11 is 11.9. The molecule has 0 radical (unpaired) electrons. The van der Waals surface area contributed by atoms with Crippen molar-refractivity contribution < 1.29 is 13.2 Å². The van der Waals surface area contributed by atoms with Crippen molar-refractivity contribution in [1.82, 2.24) is 5.32 Å². The third-order valence-corrected chi connectivity index (χ3v) is 5.09. The van der Waals surface area contributed by atoms with E-state index in [1.165, 1.54) is 30.5 Å². The summed E-state index contributed by atoms with van der Waals surface area (Å²) in [5.74, 6) is -0.628. The molecular formula is C18H16Cl2N4O3S. The predicted molar refractivity (Wildman–Crippen MR) is 108 cm³/mol. The molecule has 0 saturated heterocycles. The van der Waals surface area contributed by atoms with Crippen molar-refractivity contribution in [2.75, 3.05) is 11.9 Å². The highest BCUT2D eigenvalue weighted by Crippen LogP contribution is 2.25. The van der Waals surface area contributed by atoms with E-state index >= 15 is 0 Å². The molecule has 2 aromatic carbocycles. The third kappa shape index (κ3) is 6.25. The average molecular weight is 439 g/mol. The summed E-state index contributed by atoms with van der Waals surface area (Å²) in [6, 6.07) is 12.5. The maximum Gasteiger partial charge on any atom is 0.267 e. The summed E-state index contributed by atoms with van der Waals surface area (Å²) in [6.07, 6.45) is 1.84. The van der Waals surface area contributed by atoms with Crippen LogP contribution in [0.2, 0.25) is 10.0 Å². The highest BCUT2D eigenvalue weighted by Gasteiger charge is 2.12. The molecule has 0 bridgehead atoms. The first-order valence-electron chi connectivity index (χ1n) is 7.92. The van der Waals surface area contributed by atoms with Gasteiger partial charge in [0.05, 0.1) is 15.6 Å². The van der Waals surface area contributed by atoms with Crippen LogP contribution in [0.25, 0.3) is 0 Å². The van der Waals surface area contributed by atoms with Gasteiger partial charge in [0.1, 0.15) is 11.6 Å². The fourth-order valence-electron chi connectivity index (χ4n) is 2.17. The average Bonchev–Trinajstić information content (AvgIpc) is 2.64. The smallest absolute Gasteiger partial charge is 0.267 e. The lowest BCUT2D eigenvalue weighted by Crippen LogP contribution is -2.18. The van der Waals surface area contributed by atoms with Crippen LogP contribution in [-0.2, 0) is 21.2 Å². The zero-order chi connectivity index (χ0) is 20.7. The van der Waals surface area contributed by atoms with Crippen LogP contribution in [0.1, 0.15) is 5.56 Å². The van der Waals surface area contributed by atoms with Gasteiger partial charge in [-0.2, -0.15) is 5.26 Å². The van der Waals surface area contributed by atoms with Crippen molar-refractivity contribution in [3.63, 3.8) is 0 Å². The van der Waals surface area contributed by atoms with E-state index in [1.54, 1.807) is 18.2 Å². The molecule has 0 aliphatic rings. The normalized spacial score (nSPS) is 11.6. The molecule has 28 heavy (non-hydrogen) atoms. The van der Waals surface area contributed by atoms with E-state index in [1.807, 2.05) is 6.07 Å². The standard InChI is InChI=1S/C18H16Cl2N4O3S/c19-14-3-6-16(20)17(9-14)24-18(25)13(10-21)11-23-8-7-12-1-4-15(5-2-12)28(22,26)27/h1-6,9,11,23H,7-8H2,(H,24,25)(H2,22,26,27)/b13-11-. The topological polar surface area (TPSA) is 125 Å². The van der Waals surface area contributed by atoms with E-state index in [0.29, 0.717) is 28.7 Å². The Morgan fingerprint density at radius 3 is 2.46 bits per heavy atom. The Balaban J connectivity index is 1.93. The van der Waals surface area contributed by atoms with Crippen LogP contribution in [-0.4, -0.2) is 20.9 Å². The summed E-state index contributed by atoms with van der Waals surface area (Å²) in [6.45, 7) is 0.422. The number of amides is 1. The Labute approximate surface area is 172 Å². The first-order chi connectivity index (χ1) is 13.2. The van der Waals surface area contributed by atoms with Crippen molar-refractivity contribution in [2.24, 2.45) is 5.14 Å². The predicted octanol–water partition coefficient (Wildman–Crippen LogP) is 2.82. The number of nitrogens with one attached hydrogen (secondary N) is 2. The van der Waals surface area contributed by atoms with Crippen molar-refractivity contribution in [2.45, 2.75) is 11.3 Å². The maximum atomic E-state index is 12.2. The molecule has 0 aromatic heterocycles. The summed E-state index contributed by atoms with van der Waals surface area (Å²) in [4.78, 5) is 12.2. The summed E-state index contributed by atoms with van der Waals surface area (Å²) < 4.78 is 22.4. The number of hydrogen-bond acceptors (Lipinski definition) is 5. The molecule has 0 aliphatic carbocycles. The van der Waals surface area contributed by atoms with Crippen LogP contribution >= 0.6 is 23.2 Å². The van der Waals surface area contributed by atoms with Gasteiger partial charge in [-0.05, 0) is 42.3 Å². The molecule has 0 atom stereocenters. The number of carbonyl (C=O) groups is 1. The molecule has 0 fully saturated rings. The number of anilines is 1.